The molecule has 0 spiro atoms. The van der Waals surface area contributed by atoms with E-state index in [0.29, 0.717) is 0 Å². The second kappa shape index (κ2) is 4.72. The normalized spacial score (nSPS) is 14.5. The van der Waals surface area contributed by atoms with Crippen LogP contribution < -0.4 is 5.14 Å². The standard InChI is InChI=1S/C5H13NO2S.Na.H/c1-4(2)5(3)9(6,7)8;;/h4-5H,1-3H3,(H2,6,7,8);;. The van der Waals surface area contributed by atoms with Gasteiger partial charge in [-0.1, -0.05) is 13.8 Å². The number of rotatable bonds is 2. The van der Waals surface area contributed by atoms with Crippen LogP contribution >= 0.6 is 0 Å². The van der Waals surface area contributed by atoms with E-state index in [-0.39, 0.29) is 35.5 Å². The van der Waals surface area contributed by atoms with Crippen molar-refractivity contribution in [3.63, 3.8) is 0 Å². The molecule has 0 saturated carbocycles. The summed E-state index contributed by atoms with van der Waals surface area (Å²) in [5.41, 5.74) is 0. The van der Waals surface area contributed by atoms with Gasteiger partial charge in [0, 0.05) is 0 Å². The molecule has 1 unspecified atom stereocenters. The van der Waals surface area contributed by atoms with Gasteiger partial charge in [0.15, 0.2) is 0 Å². The quantitative estimate of drug-likeness (QED) is 0.584. The number of sulfonamides is 1. The summed E-state index contributed by atoms with van der Waals surface area (Å²) < 4.78 is 21.1. The van der Waals surface area contributed by atoms with E-state index in [1.165, 1.54) is 0 Å². The third kappa shape index (κ3) is 4.68. The number of primary sulfonamides is 1. The molecule has 0 aromatic carbocycles. The van der Waals surface area contributed by atoms with Crippen LogP contribution in [0.25, 0.3) is 0 Å². The third-order valence-electron chi connectivity index (χ3n) is 1.46. The summed E-state index contributed by atoms with van der Waals surface area (Å²) in [7, 11) is -3.30. The minimum absolute atomic E-state index is 0. The molecule has 0 radical (unpaired) electrons. The second-order valence-corrected chi connectivity index (χ2v) is 4.46. The van der Waals surface area contributed by atoms with Gasteiger partial charge in [-0.2, -0.15) is 0 Å². The van der Waals surface area contributed by atoms with E-state index < -0.39 is 15.3 Å². The van der Waals surface area contributed by atoms with Crippen LogP contribution in [0.4, 0.5) is 0 Å². The SMILES string of the molecule is CC(C)C(C)S(N)(=O)=O.[NaH]. The number of nitrogens with two attached hydrogens (primary N) is 1. The van der Waals surface area contributed by atoms with E-state index in [4.69, 9.17) is 5.14 Å². The Morgan fingerprint density at radius 2 is 1.50 bits per heavy atom. The maximum absolute atomic E-state index is 10.6. The summed E-state index contributed by atoms with van der Waals surface area (Å²) in [4.78, 5) is 0. The van der Waals surface area contributed by atoms with Gasteiger partial charge in [-0.3, -0.25) is 0 Å². The van der Waals surface area contributed by atoms with Crippen LogP contribution in [0.2, 0.25) is 0 Å². The van der Waals surface area contributed by atoms with Gasteiger partial charge in [0.1, 0.15) is 0 Å². The van der Waals surface area contributed by atoms with Crippen molar-refractivity contribution >= 4 is 39.6 Å². The van der Waals surface area contributed by atoms with Gasteiger partial charge in [0.25, 0.3) is 0 Å². The molecule has 10 heavy (non-hydrogen) atoms. The zero-order chi connectivity index (χ0) is 7.65. The van der Waals surface area contributed by atoms with Gasteiger partial charge < -0.3 is 0 Å². The Morgan fingerprint density at radius 3 is 1.50 bits per heavy atom. The minimum atomic E-state index is -3.30. The molecular weight excluding hydrogens is 161 g/mol. The first-order chi connectivity index (χ1) is 3.85. The average molecular weight is 175 g/mol. The van der Waals surface area contributed by atoms with Crippen molar-refractivity contribution in [3.05, 3.63) is 0 Å². The first kappa shape index (κ1) is 13.5. The fourth-order valence-corrected chi connectivity index (χ4v) is 1.14. The van der Waals surface area contributed by atoms with Crippen molar-refractivity contribution < 1.29 is 8.42 Å². The monoisotopic (exact) mass is 175 g/mol. The van der Waals surface area contributed by atoms with E-state index in [0.717, 1.165) is 0 Å². The molecule has 2 N–H and O–H groups in total. The number of hydrogen-bond acceptors (Lipinski definition) is 2. The van der Waals surface area contributed by atoms with Crippen LogP contribution in [0.15, 0.2) is 0 Å². The summed E-state index contributed by atoms with van der Waals surface area (Å²) >= 11 is 0. The van der Waals surface area contributed by atoms with Gasteiger partial charge >= 0.3 is 29.6 Å². The zero-order valence-corrected chi connectivity index (χ0v) is 6.77. The Morgan fingerprint density at radius 1 is 1.20 bits per heavy atom. The van der Waals surface area contributed by atoms with Crippen molar-refractivity contribution in [2.75, 3.05) is 0 Å². The Bertz CT molecular complexity index is 176. The van der Waals surface area contributed by atoms with E-state index in [9.17, 15) is 8.42 Å². The fraction of sp³-hybridized carbons (Fsp3) is 1.00. The van der Waals surface area contributed by atoms with Crippen LogP contribution in [-0.4, -0.2) is 43.2 Å². The molecule has 0 amide bonds. The molecular formula is C5H14NNaO2S. The van der Waals surface area contributed by atoms with Gasteiger partial charge in [-0.25, -0.2) is 13.6 Å². The summed E-state index contributed by atoms with van der Waals surface area (Å²) in [6.45, 7) is 5.27. The summed E-state index contributed by atoms with van der Waals surface area (Å²) in [6, 6.07) is 0. The third-order valence-corrected chi connectivity index (χ3v) is 3.04. The van der Waals surface area contributed by atoms with Gasteiger partial charge in [-0.05, 0) is 12.8 Å². The van der Waals surface area contributed by atoms with E-state index >= 15 is 0 Å². The molecule has 0 bridgehead atoms. The van der Waals surface area contributed by atoms with Crippen LogP contribution in [0, 0.1) is 5.92 Å². The molecule has 0 aromatic heterocycles. The molecule has 0 aromatic rings. The molecule has 5 heteroatoms. The Hall–Kier alpha value is 0.910. The molecule has 1 atom stereocenters. The van der Waals surface area contributed by atoms with Crippen molar-refractivity contribution in [3.8, 4) is 0 Å². The van der Waals surface area contributed by atoms with Crippen LogP contribution in [0.5, 0.6) is 0 Å². The predicted octanol–water partition coefficient (Wildman–Crippen LogP) is -0.329. The van der Waals surface area contributed by atoms with Gasteiger partial charge in [0.05, 0.1) is 5.25 Å². The van der Waals surface area contributed by atoms with Crippen molar-refractivity contribution in [2.24, 2.45) is 11.1 Å². The Kier molecular flexibility index (Phi) is 6.37. The molecule has 0 heterocycles. The maximum atomic E-state index is 10.6. The van der Waals surface area contributed by atoms with Gasteiger partial charge in [-0.15, -0.1) is 0 Å². The first-order valence-corrected chi connectivity index (χ1v) is 4.48. The molecule has 0 aliphatic rings. The van der Waals surface area contributed by atoms with Crippen LogP contribution in [0.3, 0.4) is 0 Å². The first-order valence-electron chi connectivity index (χ1n) is 2.87. The average Bonchev–Trinajstić information content (AvgIpc) is 1.62. The van der Waals surface area contributed by atoms with E-state index in [2.05, 4.69) is 0 Å². The summed E-state index contributed by atoms with van der Waals surface area (Å²) in [5, 5.41) is 4.42. The summed E-state index contributed by atoms with van der Waals surface area (Å²) in [5.74, 6) is 0.0972. The second-order valence-electron chi connectivity index (χ2n) is 2.54. The fourth-order valence-electron chi connectivity index (χ4n) is 0.379. The molecule has 0 rings (SSSR count). The molecule has 0 aliphatic heterocycles. The molecule has 58 valence electrons. The molecule has 0 saturated heterocycles. The van der Waals surface area contributed by atoms with E-state index in [1.54, 1.807) is 6.92 Å². The number of hydrogen-bond donors (Lipinski definition) is 1. The van der Waals surface area contributed by atoms with Crippen molar-refractivity contribution in [1.29, 1.82) is 0 Å². The van der Waals surface area contributed by atoms with Crippen molar-refractivity contribution in [1.82, 2.24) is 0 Å². The molecule has 3 nitrogen and oxygen atoms in total. The van der Waals surface area contributed by atoms with Crippen molar-refractivity contribution in [2.45, 2.75) is 26.0 Å². The topological polar surface area (TPSA) is 60.2 Å². The van der Waals surface area contributed by atoms with Crippen LogP contribution in [0.1, 0.15) is 20.8 Å². The Labute approximate surface area is 84.7 Å². The van der Waals surface area contributed by atoms with Crippen LogP contribution in [-0.2, 0) is 10.0 Å². The van der Waals surface area contributed by atoms with E-state index in [1.807, 2.05) is 13.8 Å². The Balaban J connectivity index is 0. The van der Waals surface area contributed by atoms with Gasteiger partial charge in [0.2, 0.25) is 10.0 Å². The summed E-state index contributed by atoms with van der Waals surface area (Å²) in [6.07, 6.45) is 0. The molecule has 0 aliphatic carbocycles. The zero-order valence-electron chi connectivity index (χ0n) is 5.96. The molecule has 0 fully saturated rings. The predicted molar refractivity (Wildman–Crippen MR) is 44.6 cm³/mol.